The van der Waals surface area contributed by atoms with Gasteiger partial charge in [-0.2, -0.15) is 0 Å². The number of allylic oxidation sites excluding steroid dienone is 1. The maximum absolute atomic E-state index is 6.21. The molecule has 22 heavy (non-hydrogen) atoms. The van der Waals surface area contributed by atoms with E-state index in [0.717, 1.165) is 43.9 Å². The van der Waals surface area contributed by atoms with Crippen LogP contribution in [-0.4, -0.2) is 32.2 Å². The average molecular weight is 321 g/mol. The van der Waals surface area contributed by atoms with Crippen molar-refractivity contribution in [1.82, 2.24) is 19.5 Å². The summed E-state index contributed by atoms with van der Waals surface area (Å²) in [6.45, 7) is 9.75. The zero-order chi connectivity index (χ0) is 15.7. The first-order chi connectivity index (χ1) is 10.5. The second-order valence-corrected chi connectivity index (χ2v) is 6.75. The monoisotopic (exact) mass is 320 g/mol. The number of nitrogens with zero attached hydrogens (tertiary/aromatic N) is 4. The summed E-state index contributed by atoms with van der Waals surface area (Å²) in [5, 5.41) is 0.395. The predicted octanol–water partition coefficient (Wildman–Crippen LogP) is 3.51. The van der Waals surface area contributed by atoms with Crippen LogP contribution in [-0.2, 0) is 16.7 Å². The maximum Gasteiger partial charge on any atom is 0.165 e. The summed E-state index contributed by atoms with van der Waals surface area (Å²) in [5.41, 5.74) is 1.29. The fraction of sp³-hybridized carbons (Fsp3) is 0.562. The van der Waals surface area contributed by atoms with Gasteiger partial charge in [-0.15, -0.1) is 6.58 Å². The van der Waals surface area contributed by atoms with Crippen molar-refractivity contribution in [2.45, 2.75) is 51.2 Å². The summed E-state index contributed by atoms with van der Waals surface area (Å²) in [6.07, 6.45) is 6.63. The highest BCUT2D eigenvalue weighted by atomic mass is 35.5. The van der Waals surface area contributed by atoms with Gasteiger partial charge in [0.05, 0.1) is 12.6 Å². The average Bonchev–Trinajstić information content (AvgIpc) is 3.09. The van der Waals surface area contributed by atoms with Gasteiger partial charge in [-0.25, -0.2) is 15.0 Å². The van der Waals surface area contributed by atoms with Crippen LogP contribution in [0.25, 0.3) is 11.2 Å². The summed E-state index contributed by atoms with van der Waals surface area (Å²) in [5.74, 6) is 0.959. The molecule has 0 aromatic carbocycles. The number of hydrogen-bond acceptors (Lipinski definition) is 4. The van der Waals surface area contributed by atoms with E-state index in [0.29, 0.717) is 10.7 Å². The third-order valence-corrected chi connectivity index (χ3v) is 4.43. The Labute approximate surface area is 135 Å². The number of imidazole rings is 1. The number of rotatable bonds is 5. The first-order valence-corrected chi connectivity index (χ1v) is 8.00. The summed E-state index contributed by atoms with van der Waals surface area (Å²) in [6, 6.07) is 0. The Morgan fingerprint density at radius 2 is 2.32 bits per heavy atom. The molecule has 1 aliphatic rings. The molecular formula is C16H21ClN4O. The van der Waals surface area contributed by atoms with E-state index in [1.165, 1.54) is 6.33 Å². The lowest BCUT2D eigenvalue weighted by molar-refractivity contribution is 0.0963. The van der Waals surface area contributed by atoms with Crippen LogP contribution in [0.3, 0.4) is 0 Å². The van der Waals surface area contributed by atoms with E-state index in [-0.39, 0.29) is 11.5 Å². The SMILES string of the molecule is C=CCC(C)(C)c1nc2c(Cl)ncnc2n1C[C@H]1CCCO1. The minimum absolute atomic E-state index is 0.148. The highest BCUT2D eigenvalue weighted by molar-refractivity contribution is 6.33. The van der Waals surface area contributed by atoms with E-state index in [9.17, 15) is 0 Å². The van der Waals surface area contributed by atoms with E-state index in [1.54, 1.807) is 0 Å². The van der Waals surface area contributed by atoms with Crippen LogP contribution < -0.4 is 0 Å². The number of ether oxygens (including phenoxy) is 1. The highest BCUT2D eigenvalue weighted by Crippen LogP contribution is 2.32. The largest absolute Gasteiger partial charge is 0.376 e. The van der Waals surface area contributed by atoms with E-state index < -0.39 is 0 Å². The Morgan fingerprint density at radius 3 is 3.00 bits per heavy atom. The molecule has 6 heteroatoms. The minimum Gasteiger partial charge on any atom is -0.376 e. The van der Waals surface area contributed by atoms with Crippen molar-refractivity contribution < 1.29 is 4.74 Å². The number of fused-ring (bicyclic) bond motifs is 1. The van der Waals surface area contributed by atoms with E-state index >= 15 is 0 Å². The van der Waals surface area contributed by atoms with Crippen molar-refractivity contribution in [3.63, 3.8) is 0 Å². The molecule has 1 atom stereocenters. The normalized spacial score (nSPS) is 19.0. The summed E-state index contributed by atoms with van der Waals surface area (Å²) in [7, 11) is 0. The minimum atomic E-state index is -0.148. The molecule has 0 radical (unpaired) electrons. The fourth-order valence-electron chi connectivity index (χ4n) is 3.04. The van der Waals surface area contributed by atoms with Crippen molar-refractivity contribution in [1.29, 1.82) is 0 Å². The van der Waals surface area contributed by atoms with E-state index in [4.69, 9.17) is 21.3 Å². The molecule has 3 rings (SSSR count). The van der Waals surface area contributed by atoms with Crippen LogP contribution in [0.5, 0.6) is 0 Å². The first kappa shape index (κ1) is 15.4. The second kappa shape index (κ2) is 5.97. The van der Waals surface area contributed by atoms with Crippen LogP contribution in [0.2, 0.25) is 5.15 Å². The van der Waals surface area contributed by atoms with Crippen LogP contribution in [0.4, 0.5) is 0 Å². The van der Waals surface area contributed by atoms with Gasteiger partial charge in [0.25, 0.3) is 0 Å². The fourth-order valence-corrected chi connectivity index (χ4v) is 3.21. The molecule has 5 nitrogen and oxygen atoms in total. The van der Waals surface area contributed by atoms with Crippen molar-refractivity contribution in [2.75, 3.05) is 6.61 Å². The molecule has 2 aromatic heterocycles. The lowest BCUT2D eigenvalue weighted by Gasteiger charge is -2.24. The molecule has 118 valence electrons. The molecule has 0 unspecified atom stereocenters. The third-order valence-electron chi connectivity index (χ3n) is 4.16. The van der Waals surface area contributed by atoms with E-state index in [1.807, 2.05) is 6.08 Å². The molecule has 0 spiro atoms. The Balaban J connectivity index is 2.12. The molecule has 0 bridgehead atoms. The van der Waals surface area contributed by atoms with Crippen LogP contribution in [0.15, 0.2) is 19.0 Å². The molecule has 1 saturated heterocycles. The summed E-state index contributed by atoms with van der Waals surface area (Å²) < 4.78 is 7.93. The first-order valence-electron chi connectivity index (χ1n) is 7.62. The van der Waals surface area contributed by atoms with Gasteiger partial charge in [0.1, 0.15) is 17.7 Å². The van der Waals surface area contributed by atoms with Crippen LogP contribution >= 0.6 is 11.6 Å². The van der Waals surface area contributed by atoms with Gasteiger partial charge in [-0.1, -0.05) is 31.5 Å². The van der Waals surface area contributed by atoms with E-state index in [2.05, 4.69) is 35.0 Å². The summed E-state index contributed by atoms with van der Waals surface area (Å²) >= 11 is 6.21. The third kappa shape index (κ3) is 2.75. The van der Waals surface area contributed by atoms with Crippen molar-refractivity contribution >= 4 is 22.8 Å². The standard InChI is InChI=1S/C16H21ClN4O/c1-4-7-16(2,3)15-20-12-13(17)18-10-19-14(12)21(15)9-11-6-5-8-22-11/h4,10-11H,1,5-9H2,2-3H3/t11-/m1/s1. The molecule has 1 aliphatic heterocycles. The van der Waals surface area contributed by atoms with Gasteiger partial charge in [0.15, 0.2) is 10.8 Å². The van der Waals surface area contributed by atoms with Crippen LogP contribution in [0.1, 0.15) is 38.9 Å². The van der Waals surface area contributed by atoms with Gasteiger partial charge in [-0.3, -0.25) is 0 Å². The Bertz CT molecular complexity index is 689. The lowest BCUT2D eigenvalue weighted by Crippen LogP contribution is -2.26. The van der Waals surface area contributed by atoms with Gasteiger partial charge >= 0.3 is 0 Å². The Kier molecular flexibility index (Phi) is 4.19. The molecular weight excluding hydrogens is 300 g/mol. The number of aromatic nitrogens is 4. The molecule has 3 heterocycles. The van der Waals surface area contributed by atoms with Gasteiger partial charge in [-0.05, 0) is 19.3 Å². The molecule has 1 fully saturated rings. The lowest BCUT2D eigenvalue weighted by atomic mass is 9.88. The Hall–Kier alpha value is -1.46. The number of hydrogen-bond donors (Lipinski definition) is 0. The van der Waals surface area contributed by atoms with Gasteiger partial charge < -0.3 is 9.30 Å². The smallest absolute Gasteiger partial charge is 0.165 e. The predicted molar refractivity (Wildman–Crippen MR) is 87.1 cm³/mol. The molecule has 0 saturated carbocycles. The highest BCUT2D eigenvalue weighted by Gasteiger charge is 2.30. The molecule has 0 aliphatic carbocycles. The maximum atomic E-state index is 6.21. The Morgan fingerprint density at radius 1 is 1.50 bits per heavy atom. The van der Waals surface area contributed by atoms with Crippen molar-refractivity contribution in [3.05, 3.63) is 30.0 Å². The van der Waals surface area contributed by atoms with Crippen molar-refractivity contribution in [3.8, 4) is 0 Å². The second-order valence-electron chi connectivity index (χ2n) is 6.39. The van der Waals surface area contributed by atoms with Gasteiger partial charge in [0, 0.05) is 12.0 Å². The topological polar surface area (TPSA) is 52.8 Å². The molecule has 0 amide bonds. The zero-order valence-electron chi connectivity index (χ0n) is 13.0. The quantitative estimate of drug-likeness (QED) is 0.625. The molecule has 0 N–H and O–H groups in total. The van der Waals surface area contributed by atoms with Gasteiger partial charge in [0.2, 0.25) is 0 Å². The zero-order valence-corrected chi connectivity index (χ0v) is 13.8. The molecule has 2 aromatic rings. The summed E-state index contributed by atoms with van der Waals surface area (Å²) in [4.78, 5) is 13.2. The van der Waals surface area contributed by atoms with Crippen molar-refractivity contribution in [2.24, 2.45) is 0 Å². The number of halogens is 1. The van der Waals surface area contributed by atoms with Crippen LogP contribution in [0, 0.1) is 0 Å².